The van der Waals surface area contributed by atoms with Crippen molar-refractivity contribution < 1.29 is 9.50 Å². The number of aliphatic hydroxyl groups is 1. The molecule has 2 aromatic rings. The fraction of sp³-hybridized carbons (Fsp3) is 0.538. The number of likely N-dealkylation sites (N-methyl/N-ethyl adjacent to an activating group) is 1. The van der Waals surface area contributed by atoms with Crippen molar-refractivity contribution in [2.24, 2.45) is 0 Å². The van der Waals surface area contributed by atoms with E-state index in [-0.39, 0.29) is 23.4 Å². The zero-order valence-corrected chi connectivity index (χ0v) is 18.5. The molecule has 1 aliphatic heterocycles. The van der Waals surface area contributed by atoms with E-state index < -0.39 is 5.60 Å². The highest BCUT2D eigenvalue weighted by Gasteiger charge is 2.54. The Balaban J connectivity index is 1.76. The van der Waals surface area contributed by atoms with E-state index in [0.717, 1.165) is 19.4 Å². The molecule has 1 aliphatic carbocycles. The van der Waals surface area contributed by atoms with Crippen LogP contribution < -0.4 is 0 Å². The van der Waals surface area contributed by atoms with E-state index in [1.165, 1.54) is 30.9 Å². The highest BCUT2D eigenvalue weighted by Crippen LogP contribution is 2.49. The quantitative estimate of drug-likeness (QED) is 0.777. The third kappa shape index (κ3) is 3.49. The zero-order chi connectivity index (χ0) is 21.4. The zero-order valence-electron chi connectivity index (χ0n) is 18.5. The number of nitrogens with zero attached hydrogens (tertiary/aromatic N) is 2. The standard InChI is InChI=1S/C26H35FN2O/c1-20-24(28(2)3)26(30,22-14-8-9-15-23(22)27)18-19-29(20)25(16-10-5-11-17-25)21-12-6-4-7-13-21/h4,6-9,12-15,20,24,30H,5,10-11,16-19H2,1-3H3. The summed E-state index contributed by atoms with van der Waals surface area (Å²) in [6, 6.07) is 17.5. The number of hydrogen-bond acceptors (Lipinski definition) is 3. The third-order valence-corrected chi connectivity index (χ3v) is 7.61. The summed E-state index contributed by atoms with van der Waals surface area (Å²) >= 11 is 0. The molecule has 0 spiro atoms. The van der Waals surface area contributed by atoms with Crippen LogP contribution in [0.3, 0.4) is 0 Å². The smallest absolute Gasteiger partial charge is 0.129 e. The minimum Gasteiger partial charge on any atom is -0.383 e. The van der Waals surface area contributed by atoms with Gasteiger partial charge in [0.05, 0.1) is 6.04 Å². The van der Waals surface area contributed by atoms with Crippen LogP contribution in [0.5, 0.6) is 0 Å². The molecular weight excluding hydrogens is 375 g/mol. The van der Waals surface area contributed by atoms with Gasteiger partial charge >= 0.3 is 0 Å². The fourth-order valence-corrected chi connectivity index (χ4v) is 6.41. The number of piperidine rings is 1. The van der Waals surface area contributed by atoms with Gasteiger partial charge in [0, 0.05) is 23.7 Å². The minimum absolute atomic E-state index is 0.0102. The van der Waals surface area contributed by atoms with Gasteiger partial charge in [0.25, 0.3) is 0 Å². The van der Waals surface area contributed by atoms with Gasteiger partial charge in [-0.1, -0.05) is 67.8 Å². The Morgan fingerprint density at radius 1 is 0.933 bits per heavy atom. The number of hydrogen-bond donors (Lipinski definition) is 1. The molecule has 1 N–H and O–H groups in total. The maximum atomic E-state index is 14.8. The summed E-state index contributed by atoms with van der Waals surface area (Å²) in [6.45, 7) is 2.97. The summed E-state index contributed by atoms with van der Waals surface area (Å²) in [7, 11) is 4.01. The van der Waals surface area contributed by atoms with Gasteiger partial charge in [0.1, 0.15) is 11.4 Å². The van der Waals surface area contributed by atoms with Crippen LogP contribution in [0.25, 0.3) is 0 Å². The first-order valence-corrected chi connectivity index (χ1v) is 11.4. The summed E-state index contributed by atoms with van der Waals surface area (Å²) in [5.41, 5.74) is 0.583. The van der Waals surface area contributed by atoms with Gasteiger partial charge in [-0.05, 0) is 51.9 Å². The Bertz CT molecular complexity index is 849. The van der Waals surface area contributed by atoms with Crippen LogP contribution in [0.4, 0.5) is 4.39 Å². The van der Waals surface area contributed by atoms with E-state index >= 15 is 0 Å². The van der Waals surface area contributed by atoms with Gasteiger partial charge in [-0.3, -0.25) is 4.90 Å². The largest absolute Gasteiger partial charge is 0.383 e. The molecule has 2 fully saturated rings. The Labute approximate surface area is 180 Å². The summed E-state index contributed by atoms with van der Waals surface area (Å²) < 4.78 is 14.8. The summed E-state index contributed by atoms with van der Waals surface area (Å²) in [6.07, 6.45) is 6.53. The lowest BCUT2D eigenvalue weighted by atomic mass is 9.69. The Kier molecular flexibility index (Phi) is 6.02. The number of halogens is 1. The lowest BCUT2D eigenvalue weighted by molar-refractivity contribution is -0.145. The predicted molar refractivity (Wildman–Crippen MR) is 120 cm³/mol. The highest BCUT2D eigenvalue weighted by atomic mass is 19.1. The normalized spacial score (nSPS) is 29.8. The topological polar surface area (TPSA) is 26.7 Å². The molecule has 1 saturated heterocycles. The van der Waals surface area contributed by atoms with Crippen LogP contribution in [0.15, 0.2) is 54.6 Å². The molecule has 0 radical (unpaired) electrons. The molecule has 1 heterocycles. The first-order valence-electron chi connectivity index (χ1n) is 11.4. The van der Waals surface area contributed by atoms with Crippen molar-refractivity contribution in [1.29, 1.82) is 0 Å². The molecular formula is C26H35FN2O. The van der Waals surface area contributed by atoms with Crippen molar-refractivity contribution in [1.82, 2.24) is 9.80 Å². The monoisotopic (exact) mass is 410 g/mol. The van der Waals surface area contributed by atoms with Crippen LogP contribution in [-0.2, 0) is 11.1 Å². The van der Waals surface area contributed by atoms with Crippen molar-refractivity contribution in [2.75, 3.05) is 20.6 Å². The van der Waals surface area contributed by atoms with Gasteiger partial charge in [-0.15, -0.1) is 0 Å². The Morgan fingerprint density at radius 3 is 2.20 bits per heavy atom. The summed E-state index contributed by atoms with van der Waals surface area (Å²) in [4.78, 5) is 4.71. The molecule has 2 aliphatic rings. The van der Waals surface area contributed by atoms with Crippen molar-refractivity contribution >= 4 is 0 Å². The first kappa shape index (κ1) is 21.5. The van der Waals surface area contributed by atoms with Crippen molar-refractivity contribution in [3.8, 4) is 0 Å². The molecule has 0 aromatic heterocycles. The average molecular weight is 411 g/mol. The van der Waals surface area contributed by atoms with Gasteiger partial charge in [-0.2, -0.15) is 0 Å². The van der Waals surface area contributed by atoms with E-state index in [9.17, 15) is 9.50 Å². The molecule has 0 bridgehead atoms. The molecule has 2 aromatic carbocycles. The van der Waals surface area contributed by atoms with Crippen LogP contribution in [-0.4, -0.2) is 47.6 Å². The Hall–Kier alpha value is -1.75. The molecule has 1 saturated carbocycles. The average Bonchev–Trinajstić information content (AvgIpc) is 2.75. The van der Waals surface area contributed by atoms with E-state index in [1.807, 2.05) is 20.2 Å². The molecule has 3 unspecified atom stereocenters. The van der Waals surface area contributed by atoms with Crippen LogP contribution in [0.1, 0.15) is 56.6 Å². The SMILES string of the molecule is CC1C(N(C)C)C(O)(c2ccccc2F)CCN1C1(c2ccccc2)CCCCC1. The Morgan fingerprint density at radius 2 is 1.57 bits per heavy atom. The second-order valence-electron chi connectivity index (χ2n) is 9.45. The molecule has 0 amide bonds. The van der Waals surface area contributed by atoms with Crippen molar-refractivity contribution in [3.05, 3.63) is 71.5 Å². The highest BCUT2D eigenvalue weighted by molar-refractivity contribution is 5.31. The predicted octanol–water partition coefficient (Wildman–Crippen LogP) is 4.90. The van der Waals surface area contributed by atoms with E-state index in [0.29, 0.717) is 12.0 Å². The van der Waals surface area contributed by atoms with Crippen LogP contribution >= 0.6 is 0 Å². The maximum absolute atomic E-state index is 14.8. The second kappa shape index (κ2) is 8.41. The summed E-state index contributed by atoms with van der Waals surface area (Å²) in [5.74, 6) is -0.317. The van der Waals surface area contributed by atoms with Crippen molar-refractivity contribution in [3.63, 3.8) is 0 Å². The van der Waals surface area contributed by atoms with Gasteiger partial charge in [-0.25, -0.2) is 4.39 Å². The van der Waals surface area contributed by atoms with E-state index in [1.54, 1.807) is 12.1 Å². The molecule has 4 heteroatoms. The van der Waals surface area contributed by atoms with Crippen LogP contribution in [0, 0.1) is 5.82 Å². The number of rotatable bonds is 4. The van der Waals surface area contributed by atoms with Gasteiger partial charge < -0.3 is 10.0 Å². The molecule has 3 atom stereocenters. The molecule has 162 valence electrons. The minimum atomic E-state index is -1.21. The molecule has 4 rings (SSSR count). The maximum Gasteiger partial charge on any atom is 0.129 e. The fourth-order valence-electron chi connectivity index (χ4n) is 6.41. The third-order valence-electron chi connectivity index (χ3n) is 7.61. The van der Waals surface area contributed by atoms with Crippen LogP contribution in [0.2, 0.25) is 0 Å². The van der Waals surface area contributed by atoms with E-state index in [2.05, 4.69) is 47.1 Å². The number of likely N-dealkylation sites (tertiary alicyclic amines) is 1. The molecule has 3 nitrogen and oxygen atoms in total. The van der Waals surface area contributed by atoms with Gasteiger partial charge in [0.15, 0.2) is 0 Å². The lowest BCUT2D eigenvalue weighted by Gasteiger charge is -2.58. The second-order valence-corrected chi connectivity index (χ2v) is 9.45. The molecule has 30 heavy (non-hydrogen) atoms. The van der Waals surface area contributed by atoms with Crippen molar-refractivity contribution in [2.45, 2.75) is 68.7 Å². The first-order chi connectivity index (χ1) is 14.4. The summed E-state index contributed by atoms with van der Waals surface area (Å²) in [5, 5.41) is 11.9. The van der Waals surface area contributed by atoms with Gasteiger partial charge in [0.2, 0.25) is 0 Å². The van der Waals surface area contributed by atoms with E-state index in [4.69, 9.17) is 0 Å². The number of benzene rings is 2. The lowest BCUT2D eigenvalue weighted by Crippen LogP contribution is -2.68.